The van der Waals surface area contributed by atoms with E-state index in [1.165, 1.54) is 48.6 Å². The van der Waals surface area contributed by atoms with E-state index in [1.54, 1.807) is 26.4 Å². The second-order valence-corrected chi connectivity index (χ2v) is 14.7. The molecule has 0 spiro atoms. The zero-order chi connectivity index (χ0) is 41.0. The van der Waals surface area contributed by atoms with Gasteiger partial charge in [0.1, 0.15) is 41.3 Å². The van der Waals surface area contributed by atoms with Crippen LogP contribution in [0.3, 0.4) is 0 Å². The molecule has 1 fully saturated rings. The van der Waals surface area contributed by atoms with E-state index in [1.807, 2.05) is 78.9 Å². The van der Waals surface area contributed by atoms with Crippen LogP contribution in [0.4, 0.5) is 0 Å². The molecule has 0 saturated carbocycles. The summed E-state index contributed by atoms with van der Waals surface area (Å²) >= 11 is 6.18. The zero-order valence-corrected chi connectivity index (χ0v) is 34.2. The standard InChI is InChI=1S/C36H34ClN2O10P.C6H15N/c1-44-27-16-12-25(13-17-27)36(24-8-4-3-5-9-24,26-14-18-28(45-2)19-15-26)46-23-32-31(22-34(47-32)39-21-20-33(40)38-35(39)41)49-50(42,43)48-30-11-7-6-10-29(30)37;1-4-7(5-2)6-3/h3-21,31-32,34H,22-23H2,1-2H3,(H,42,43)(H,38,40,41);4-6H2,1-3H3. The number of phosphoric ester groups is 1. The molecule has 0 aliphatic carbocycles. The SMILES string of the molecule is CCN(CC)CC.COc1ccc(C(OCC2OC(n3ccc(=O)[nH]c3=O)CC2OP(=O)(O)Oc2ccccc2Cl)(c2ccccc2)c2ccc(OC)cc2)cc1. The predicted molar refractivity (Wildman–Crippen MR) is 218 cm³/mol. The van der Waals surface area contributed by atoms with Crippen LogP contribution in [0.5, 0.6) is 17.2 Å². The molecular formula is C42H49ClN3O10P. The lowest BCUT2D eigenvalue weighted by Gasteiger charge is -2.37. The van der Waals surface area contributed by atoms with Crippen molar-refractivity contribution in [1.29, 1.82) is 0 Å². The summed E-state index contributed by atoms with van der Waals surface area (Å²) in [6.07, 6.45) is -1.93. The molecule has 2 N–H and O–H groups in total. The molecule has 0 bridgehead atoms. The molecule has 13 nitrogen and oxygen atoms in total. The quantitative estimate of drug-likeness (QED) is 0.0757. The average molecular weight is 822 g/mol. The molecule has 5 aromatic rings. The molecule has 1 saturated heterocycles. The van der Waals surface area contributed by atoms with Gasteiger partial charge in [0.25, 0.3) is 5.56 Å². The topological polar surface area (TPSA) is 151 Å². The Morgan fingerprint density at radius 3 is 1.88 bits per heavy atom. The first-order valence-corrected chi connectivity index (χ1v) is 20.5. The van der Waals surface area contributed by atoms with Gasteiger partial charge in [0.2, 0.25) is 0 Å². The highest BCUT2D eigenvalue weighted by Gasteiger charge is 2.45. The number of phosphoric acid groups is 1. The number of nitrogens with one attached hydrogen (secondary N) is 1. The van der Waals surface area contributed by atoms with Crippen LogP contribution in [-0.4, -0.2) is 72.0 Å². The number of aromatic amines is 1. The first-order valence-electron chi connectivity index (χ1n) is 18.6. The van der Waals surface area contributed by atoms with Crippen LogP contribution in [-0.2, 0) is 24.2 Å². The highest BCUT2D eigenvalue weighted by Crippen LogP contribution is 2.50. The Morgan fingerprint density at radius 1 is 0.825 bits per heavy atom. The fourth-order valence-corrected chi connectivity index (χ4v) is 7.82. The van der Waals surface area contributed by atoms with Crippen molar-refractivity contribution < 1.29 is 37.5 Å². The molecule has 1 aliphatic heterocycles. The van der Waals surface area contributed by atoms with E-state index in [9.17, 15) is 19.0 Å². The fraction of sp³-hybridized carbons (Fsp3) is 0.333. The monoisotopic (exact) mass is 821 g/mol. The van der Waals surface area contributed by atoms with E-state index in [2.05, 4.69) is 30.7 Å². The van der Waals surface area contributed by atoms with E-state index in [-0.39, 0.29) is 23.8 Å². The Bertz CT molecular complexity index is 2130. The number of nitrogens with zero attached hydrogens (tertiary/aromatic N) is 2. The first kappa shape index (κ1) is 43.4. The van der Waals surface area contributed by atoms with E-state index in [0.29, 0.717) is 11.5 Å². The van der Waals surface area contributed by atoms with Crippen molar-refractivity contribution in [3.05, 3.63) is 158 Å². The first-order chi connectivity index (χ1) is 27.5. The van der Waals surface area contributed by atoms with Gasteiger partial charge in [-0.15, -0.1) is 0 Å². The fourth-order valence-electron chi connectivity index (χ4n) is 6.57. The van der Waals surface area contributed by atoms with Crippen molar-refractivity contribution in [2.75, 3.05) is 40.5 Å². The minimum absolute atomic E-state index is 0.0535. The van der Waals surface area contributed by atoms with Gasteiger partial charge in [-0.1, -0.05) is 99.1 Å². The molecule has 4 unspecified atom stereocenters. The van der Waals surface area contributed by atoms with Crippen LogP contribution in [0.1, 0.15) is 50.1 Å². The normalized spacial score (nSPS) is 17.6. The summed E-state index contributed by atoms with van der Waals surface area (Å²) in [6.45, 7) is 9.93. The van der Waals surface area contributed by atoms with Gasteiger partial charge in [-0.3, -0.25) is 23.8 Å². The summed E-state index contributed by atoms with van der Waals surface area (Å²) in [5, 5.41) is 0.109. The smallest absolute Gasteiger partial charge is 0.497 e. The van der Waals surface area contributed by atoms with E-state index in [0.717, 1.165) is 16.7 Å². The number of aromatic nitrogens is 2. The highest BCUT2D eigenvalue weighted by molar-refractivity contribution is 7.47. The third kappa shape index (κ3) is 10.8. The Kier molecular flexibility index (Phi) is 15.3. The molecule has 1 aliphatic rings. The molecular weight excluding hydrogens is 773 g/mol. The van der Waals surface area contributed by atoms with Crippen molar-refractivity contribution >= 4 is 19.4 Å². The second-order valence-electron chi connectivity index (χ2n) is 13.0. The van der Waals surface area contributed by atoms with Gasteiger partial charge in [0.05, 0.1) is 25.8 Å². The summed E-state index contributed by atoms with van der Waals surface area (Å²) < 4.78 is 49.8. The Morgan fingerprint density at radius 2 is 1.37 bits per heavy atom. The lowest BCUT2D eigenvalue weighted by atomic mass is 9.80. The number of methoxy groups -OCH3 is 2. The van der Waals surface area contributed by atoms with E-state index in [4.69, 9.17) is 39.6 Å². The lowest BCUT2D eigenvalue weighted by molar-refractivity contribution is -0.0932. The van der Waals surface area contributed by atoms with Gasteiger partial charge in [0.15, 0.2) is 0 Å². The summed E-state index contributed by atoms with van der Waals surface area (Å²) in [5.74, 6) is 1.23. The van der Waals surface area contributed by atoms with Gasteiger partial charge >= 0.3 is 13.5 Å². The number of H-pyrrole nitrogens is 1. The van der Waals surface area contributed by atoms with Crippen LogP contribution in [0.25, 0.3) is 0 Å². The Labute approximate surface area is 337 Å². The molecule has 57 heavy (non-hydrogen) atoms. The minimum Gasteiger partial charge on any atom is -0.497 e. The van der Waals surface area contributed by atoms with Crippen molar-refractivity contribution in [1.82, 2.24) is 14.5 Å². The van der Waals surface area contributed by atoms with Gasteiger partial charge in [-0.2, -0.15) is 0 Å². The third-order valence-electron chi connectivity index (χ3n) is 9.64. The van der Waals surface area contributed by atoms with Crippen molar-refractivity contribution in [2.45, 2.75) is 51.2 Å². The van der Waals surface area contributed by atoms with Crippen LogP contribution < -0.4 is 25.2 Å². The van der Waals surface area contributed by atoms with Gasteiger partial charge in [0, 0.05) is 18.7 Å². The van der Waals surface area contributed by atoms with Crippen molar-refractivity contribution in [3.63, 3.8) is 0 Å². The largest absolute Gasteiger partial charge is 0.527 e. The van der Waals surface area contributed by atoms with Crippen LogP contribution in [0.2, 0.25) is 5.02 Å². The number of hydrogen-bond acceptors (Lipinski definition) is 10. The van der Waals surface area contributed by atoms with E-state index >= 15 is 0 Å². The van der Waals surface area contributed by atoms with Crippen LogP contribution in [0, 0.1) is 0 Å². The Balaban J connectivity index is 0.000000811. The maximum atomic E-state index is 13.4. The predicted octanol–water partition coefficient (Wildman–Crippen LogP) is 7.42. The zero-order valence-electron chi connectivity index (χ0n) is 32.6. The van der Waals surface area contributed by atoms with Gasteiger partial charge in [-0.05, 0) is 72.7 Å². The second kappa shape index (κ2) is 20.1. The molecule has 15 heteroatoms. The summed E-state index contributed by atoms with van der Waals surface area (Å²) in [7, 11) is -1.66. The number of rotatable bonds is 16. The Hall–Kier alpha value is -4.72. The number of ether oxygens (including phenoxy) is 4. The molecule has 0 radical (unpaired) electrons. The van der Waals surface area contributed by atoms with Crippen LogP contribution >= 0.6 is 19.4 Å². The highest BCUT2D eigenvalue weighted by atomic mass is 35.5. The molecule has 2 heterocycles. The average Bonchev–Trinajstić information content (AvgIpc) is 3.61. The van der Waals surface area contributed by atoms with Crippen LogP contribution in [0.15, 0.2) is 125 Å². The molecule has 6 rings (SSSR count). The van der Waals surface area contributed by atoms with Gasteiger partial charge in [-0.25, -0.2) is 9.36 Å². The maximum Gasteiger partial charge on any atom is 0.527 e. The molecule has 1 aromatic heterocycles. The number of hydrogen-bond donors (Lipinski definition) is 2. The molecule has 4 aromatic carbocycles. The summed E-state index contributed by atoms with van der Waals surface area (Å²) in [4.78, 5) is 40.1. The van der Waals surface area contributed by atoms with E-state index < -0.39 is 43.1 Å². The summed E-state index contributed by atoms with van der Waals surface area (Å²) in [5.41, 5.74) is -0.303. The third-order valence-corrected chi connectivity index (χ3v) is 10.9. The lowest BCUT2D eigenvalue weighted by Crippen LogP contribution is -2.38. The molecule has 4 atom stereocenters. The number of halogens is 1. The molecule has 0 amide bonds. The number of para-hydroxylation sites is 1. The molecule has 304 valence electrons. The van der Waals surface area contributed by atoms with Gasteiger partial charge < -0.3 is 28.4 Å². The van der Waals surface area contributed by atoms with Crippen molar-refractivity contribution in [3.8, 4) is 17.2 Å². The maximum absolute atomic E-state index is 13.4. The minimum atomic E-state index is -4.82. The van der Waals surface area contributed by atoms with Crippen molar-refractivity contribution in [2.24, 2.45) is 0 Å². The number of benzene rings is 4. The summed E-state index contributed by atoms with van der Waals surface area (Å²) in [6, 6.07) is 31.8.